The Balaban J connectivity index is 2.21. The van der Waals surface area contributed by atoms with E-state index in [1.54, 1.807) is 0 Å². The Morgan fingerprint density at radius 1 is 1.54 bits per heavy atom. The normalized spacial score (nSPS) is 17.4. The van der Waals surface area contributed by atoms with Crippen LogP contribution in [0.4, 0.5) is 0 Å². The molecule has 1 aromatic heterocycles. The lowest BCUT2D eigenvalue weighted by atomic mass is 10.2. The van der Waals surface area contributed by atoms with E-state index in [0.717, 1.165) is 12.3 Å². The number of aromatic nitrogens is 1. The van der Waals surface area contributed by atoms with E-state index in [2.05, 4.69) is 11.9 Å². The van der Waals surface area contributed by atoms with Crippen LogP contribution in [-0.4, -0.2) is 16.5 Å². The summed E-state index contributed by atoms with van der Waals surface area (Å²) in [6.45, 7) is 2.80. The van der Waals surface area contributed by atoms with Crippen LogP contribution in [0.15, 0.2) is 0 Å². The highest BCUT2D eigenvalue weighted by Crippen LogP contribution is 2.36. The van der Waals surface area contributed by atoms with Gasteiger partial charge in [0.25, 0.3) is 0 Å². The van der Waals surface area contributed by atoms with E-state index in [4.69, 9.17) is 5.73 Å². The van der Waals surface area contributed by atoms with Crippen molar-refractivity contribution < 1.29 is 0 Å². The zero-order valence-electron chi connectivity index (χ0n) is 7.75. The first kappa shape index (κ1) is 9.49. The average Bonchev–Trinajstić information content (AvgIpc) is 2.44. The van der Waals surface area contributed by atoms with Crippen LogP contribution in [-0.2, 0) is 13.0 Å². The van der Waals surface area contributed by atoms with Crippen molar-refractivity contribution in [1.29, 1.82) is 0 Å². The molecule has 2 N–H and O–H groups in total. The number of thioether (sulfide) groups is 1. The van der Waals surface area contributed by atoms with Gasteiger partial charge in [0.15, 0.2) is 0 Å². The van der Waals surface area contributed by atoms with Gasteiger partial charge in [-0.1, -0.05) is 6.92 Å². The van der Waals surface area contributed by atoms with Crippen molar-refractivity contribution in [2.45, 2.75) is 25.8 Å². The first-order valence-electron chi connectivity index (χ1n) is 4.61. The van der Waals surface area contributed by atoms with Crippen LogP contribution in [0.5, 0.6) is 0 Å². The molecule has 2 nitrogen and oxygen atoms in total. The number of nitrogens with two attached hydrogens (primary N) is 1. The Kier molecular flexibility index (Phi) is 2.91. The maximum absolute atomic E-state index is 5.66. The third-order valence-corrected chi connectivity index (χ3v) is 4.86. The summed E-state index contributed by atoms with van der Waals surface area (Å²) in [4.78, 5) is 5.93. The van der Waals surface area contributed by atoms with Crippen LogP contribution in [0.2, 0.25) is 0 Å². The number of rotatable bonds is 3. The Labute approximate surface area is 86.9 Å². The second-order valence-electron chi connectivity index (χ2n) is 3.21. The summed E-state index contributed by atoms with van der Waals surface area (Å²) in [6, 6.07) is 0. The molecule has 1 fully saturated rings. The van der Waals surface area contributed by atoms with E-state index >= 15 is 0 Å². The van der Waals surface area contributed by atoms with Gasteiger partial charge in [-0.25, -0.2) is 4.98 Å². The van der Waals surface area contributed by atoms with E-state index in [1.165, 1.54) is 27.1 Å². The van der Waals surface area contributed by atoms with Crippen molar-refractivity contribution in [3.63, 3.8) is 0 Å². The van der Waals surface area contributed by atoms with Gasteiger partial charge < -0.3 is 5.73 Å². The summed E-state index contributed by atoms with van der Waals surface area (Å²) >= 11 is 3.82. The smallest absolute Gasteiger partial charge is 0.0979 e. The Hall–Kier alpha value is -0.0600. The van der Waals surface area contributed by atoms with Gasteiger partial charge in [-0.05, 0) is 6.42 Å². The van der Waals surface area contributed by atoms with Gasteiger partial charge in [0, 0.05) is 28.8 Å². The standard InChI is InChI=1S/C9H14N2S2/c1-2-7-8(3-10)13-9(11-7)6-4-12-5-6/h6H,2-5,10H2,1H3. The summed E-state index contributed by atoms with van der Waals surface area (Å²) in [5.41, 5.74) is 6.89. The molecule has 0 aromatic carbocycles. The summed E-state index contributed by atoms with van der Waals surface area (Å²) in [6.07, 6.45) is 1.02. The third-order valence-electron chi connectivity index (χ3n) is 2.30. The molecular formula is C9H14N2S2. The predicted molar refractivity (Wildman–Crippen MR) is 59.4 cm³/mol. The zero-order valence-corrected chi connectivity index (χ0v) is 9.38. The molecule has 0 unspecified atom stereocenters. The van der Waals surface area contributed by atoms with Crippen LogP contribution in [0.25, 0.3) is 0 Å². The molecule has 0 radical (unpaired) electrons. The van der Waals surface area contributed by atoms with Crippen LogP contribution >= 0.6 is 23.1 Å². The summed E-state index contributed by atoms with van der Waals surface area (Å²) in [5, 5.41) is 1.32. The highest BCUT2D eigenvalue weighted by molar-refractivity contribution is 8.00. The Morgan fingerprint density at radius 2 is 2.31 bits per heavy atom. The van der Waals surface area contributed by atoms with Crippen LogP contribution in [0.1, 0.15) is 28.4 Å². The summed E-state index contributed by atoms with van der Waals surface area (Å²) in [5.74, 6) is 3.22. The average molecular weight is 214 g/mol. The van der Waals surface area contributed by atoms with Gasteiger partial charge in [-0.3, -0.25) is 0 Å². The topological polar surface area (TPSA) is 38.9 Å². The lowest BCUT2D eigenvalue weighted by Crippen LogP contribution is -2.14. The molecule has 1 saturated heterocycles. The Bertz CT molecular complexity index is 270. The summed E-state index contributed by atoms with van der Waals surface area (Å²) in [7, 11) is 0. The van der Waals surface area contributed by atoms with Crippen molar-refractivity contribution in [3.05, 3.63) is 15.6 Å². The number of hydrogen-bond donors (Lipinski definition) is 1. The van der Waals surface area contributed by atoms with Crippen LogP contribution in [0, 0.1) is 0 Å². The van der Waals surface area contributed by atoms with Crippen molar-refractivity contribution in [2.75, 3.05) is 11.5 Å². The first-order valence-corrected chi connectivity index (χ1v) is 6.58. The van der Waals surface area contributed by atoms with E-state index < -0.39 is 0 Å². The molecular weight excluding hydrogens is 200 g/mol. The second kappa shape index (κ2) is 3.98. The fourth-order valence-corrected chi connectivity index (χ4v) is 3.52. The van der Waals surface area contributed by atoms with Gasteiger partial charge in [0.05, 0.1) is 10.7 Å². The molecule has 72 valence electrons. The maximum Gasteiger partial charge on any atom is 0.0979 e. The molecule has 2 heterocycles. The number of nitrogens with zero attached hydrogens (tertiary/aromatic N) is 1. The molecule has 4 heteroatoms. The van der Waals surface area contributed by atoms with Gasteiger partial charge in [-0.15, -0.1) is 11.3 Å². The molecule has 0 saturated carbocycles. The predicted octanol–water partition coefficient (Wildman–Crippen LogP) is 1.99. The van der Waals surface area contributed by atoms with Gasteiger partial charge in [0.2, 0.25) is 0 Å². The van der Waals surface area contributed by atoms with Crippen LogP contribution < -0.4 is 5.73 Å². The molecule has 0 atom stereocenters. The molecule has 2 rings (SSSR count). The molecule has 0 aliphatic carbocycles. The minimum absolute atomic E-state index is 0.653. The van der Waals surface area contributed by atoms with E-state index in [-0.39, 0.29) is 0 Å². The molecule has 0 spiro atoms. The van der Waals surface area contributed by atoms with E-state index in [0.29, 0.717) is 6.54 Å². The molecule has 1 aliphatic rings. The van der Waals surface area contributed by atoms with E-state index in [9.17, 15) is 0 Å². The van der Waals surface area contributed by atoms with Gasteiger partial charge in [0.1, 0.15) is 0 Å². The highest BCUT2D eigenvalue weighted by atomic mass is 32.2. The first-order chi connectivity index (χ1) is 6.35. The Morgan fingerprint density at radius 3 is 2.69 bits per heavy atom. The molecule has 0 amide bonds. The number of hydrogen-bond acceptors (Lipinski definition) is 4. The van der Waals surface area contributed by atoms with Crippen molar-refractivity contribution in [1.82, 2.24) is 4.98 Å². The minimum Gasteiger partial charge on any atom is -0.326 e. The highest BCUT2D eigenvalue weighted by Gasteiger charge is 2.24. The summed E-state index contributed by atoms with van der Waals surface area (Å²) < 4.78 is 0. The van der Waals surface area contributed by atoms with Crippen molar-refractivity contribution in [2.24, 2.45) is 5.73 Å². The largest absolute Gasteiger partial charge is 0.326 e. The van der Waals surface area contributed by atoms with Gasteiger partial charge in [-0.2, -0.15) is 11.8 Å². The lowest BCUT2D eigenvalue weighted by Gasteiger charge is -2.22. The van der Waals surface area contributed by atoms with Crippen molar-refractivity contribution in [3.8, 4) is 0 Å². The molecule has 0 bridgehead atoms. The van der Waals surface area contributed by atoms with Crippen LogP contribution in [0.3, 0.4) is 0 Å². The second-order valence-corrected chi connectivity index (χ2v) is 5.40. The SMILES string of the molecule is CCc1nc(C2CSC2)sc1CN. The maximum atomic E-state index is 5.66. The minimum atomic E-state index is 0.653. The van der Waals surface area contributed by atoms with Gasteiger partial charge >= 0.3 is 0 Å². The molecule has 1 aliphatic heterocycles. The third kappa shape index (κ3) is 1.75. The lowest BCUT2D eigenvalue weighted by molar-refractivity contribution is 0.824. The fraction of sp³-hybridized carbons (Fsp3) is 0.667. The zero-order chi connectivity index (χ0) is 9.26. The number of aryl methyl sites for hydroxylation is 1. The molecule has 13 heavy (non-hydrogen) atoms. The fourth-order valence-electron chi connectivity index (χ4n) is 1.39. The monoisotopic (exact) mass is 214 g/mol. The quantitative estimate of drug-likeness (QED) is 0.836. The van der Waals surface area contributed by atoms with Crippen molar-refractivity contribution >= 4 is 23.1 Å². The number of thiazole rings is 1. The molecule has 1 aromatic rings. The van der Waals surface area contributed by atoms with E-state index in [1.807, 2.05) is 23.1 Å².